The number of benzene rings is 2. The first-order chi connectivity index (χ1) is 19.8. The smallest absolute Gasteiger partial charge is 0.393 e. The SMILES string of the molecule is CCOc1c(P(C)(C)=O)ccc(NCC#Cc2sc3c(N[C@@H]4CCN(C)C[C@@H]4F)cccc3c2CC(F)(F)F)c1OC. The lowest BCUT2D eigenvalue weighted by atomic mass is 10.0. The Morgan fingerprint density at radius 3 is 2.57 bits per heavy atom. The number of nitrogens with zero attached hydrogens (tertiary/aromatic N) is 1. The summed E-state index contributed by atoms with van der Waals surface area (Å²) in [5, 5.41) is 7.42. The van der Waals surface area contributed by atoms with Crippen molar-refractivity contribution >= 4 is 45.2 Å². The van der Waals surface area contributed by atoms with Crippen LogP contribution in [0.25, 0.3) is 10.1 Å². The minimum atomic E-state index is -4.42. The topological polar surface area (TPSA) is 62.8 Å². The van der Waals surface area contributed by atoms with E-state index in [9.17, 15) is 22.1 Å². The molecule has 0 spiro atoms. The molecule has 0 bridgehead atoms. The number of halogens is 4. The van der Waals surface area contributed by atoms with E-state index >= 15 is 0 Å². The van der Waals surface area contributed by atoms with Crippen molar-refractivity contribution in [2.45, 2.75) is 38.2 Å². The summed E-state index contributed by atoms with van der Waals surface area (Å²) in [6, 6.07) is 8.15. The van der Waals surface area contributed by atoms with Gasteiger partial charge in [0.2, 0.25) is 0 Å². The zero-order valence-electron chi connectivity index (χ0n) is 24.3. The van der Waals surface area contributed by atoms with E-state index in [4.69, 9.17) is 9.47 Å². The van der Waals surface area contributed by atoms with Crippen molar-refractivity contribution in [2.24, 2.45) is 0 Å². The number of methoxy groups -OCH3 is 1. The maximum absolute atomic E-state index is 14.7. The molecule has 1 saturated heterocycles. The fourth-order valence-electron chi connectivity index (χ4n) is 5.05. The summed E-state index contributed by atoms with van der Waals surface area (Å²) in [6.07, 6.45) is -6.03. The lowest BCUT2D eigenvalue weighted by molar-refractivity contribution is -0.126. The number of anilines is 2. The van der Waals surface area contributed by atoms with E-state index in [2.05, 4.69) is 22.5 Å². The molecule has 6 nitrogen and oxygen atoms in total. The van der Waals surface area contributed by atoms with Gasteiger partial charge in [-0.05, 0) is 62.9 Å². The van der Waals surface area contributed by atoms with Gasteiger partial charge in [0, 0.05) is 13.1 Å². The molecule has 228 valence electrons. The van der Waals surface area contributed by atoms with Gasteiger partial charge in [0.25, 0.3) is 0 Å². The maximum atomic E-state index is 14.7. The molecule has 12 heteroatoms. The molecule has 3 aromatic rings. The van der Waals surface area contributed by atoms with E-state index in [1.807, 2.05) is 18.9 Å². The summed E-state index contributed by atoms with van der Waals surface area (Å²) in [4.78, 5) is 2.24. The van der Waals surface area contributed by atoms with Crippen LogP contribution in [0.3, 0.4) is 0 Å². The number of alkyl halides is 4. The molecule has 1 fully saturated rings. The molecule has 2 atom stereocenters. The highest BCUT2D eigenvalue weighted by atomic mass is 32.1. The van der Waals surface area contributed by atoms with Crippen molar-refractivity contribution in [3.8, 4) is 23.3 Å². The molecule has 2 aromatic carbocycles. The van der Waals surface area contributed by atoms with Gasteiger partial charge in [0.1, 0.15) is 13.3 Å². The molecule has 0 saturated carbocycles. The summed E-state index contributed by atoms with van der Waals surface area (Å²) in [5.74, 6) is 6.65. The molecule has 1 aliphatic rings. The third-order valence-electron chi connectivity index (χ3n) is 7.01. The molecule has 2 heterocycles. The highest BCUT2D eigenvalue weighted by Gasteiger charge is 2.32. The zero-order valence-corrected chi connectivity index (χ0v) is 26.0. The molecule has 0 unspecified atom stereocenters. The highest BCUT2D eigenvalue weighted by Crippen LogP contribution is 2.45. The van der Waals surface area contributed by atoms with Gasteiger partial charge in [-0.25, -0.2) is 4.39 Å². The molecule has 0 aliphatic carbocycles. The van der Waals surface area contributed by atoms with Gasteiger partial charge >= 0.3 is 6.18 Å². The minimum Gasteiger partial charge on any atom is -0.491 e. The highest BCUT2D eigenvalue weighted by molar-refractivity contribution is 7.70. The Balaban J connectivity index is 1.63. The van der Waals surface area contributed by atoms with Gasteiger partial charge in [0.15, 0.2) is 11.5 Å². The Kier molecular flexibility index (Phi) is 10.0. The van der Waals surface area contributed by atoms with Crippen molar-refractivity contribution in [3.05, 3.63) is 40.8 Å². The Bertz CT molecular complexity index is 1530. The van der Waals surface area contributed by atoms with E-state index in [0.29, 0.717) is 62.7 Å². The van der Waals surface area contributed by atoms with Gasteiger partial charge in [-0.1, -0.05) is 24.0 Å². The van der Waals surface area contributed by atoms with Crippen LogP contribution in [0.1, 0.15) is 23.8 Å². The quantitative estimate of drug-likeness (QED) is 0.159. The first-order valence-electron chi connectivity index (χ1n) is 13.6. The third-order valence-corrected chi connectivity index (χ3v) is 9.72. The van der Waals surface area contributed by atoms with Crippen LogP contribution < -0.4 is 25.4 Å². The van der Waals surface area contributed by atoms with Crippen LogP contribution in [0, 0.1) is 11.8 Å². The van der Waals surface area contributed by atoms with Gasteiger partial charge in [0.05, 0.1) is 59.0 Å². The number of ether oxygens (including phenoxy) is 2. The number of nitrogens with one attached hydrogen (secondary N) is 2. The Morgan fingerprint density at radius 1 is 1.17 bits per heavy atom. The molecule has 1 aliphatic heterocycles. The number of fused-ring (bicyclic) bond motifs is 1. The minimum absolute atomic E-state index is 0.112. The van der Waals surface area contributed by atoms with Crippen molar-refractivity contribution in [1.82, 2.24) is 4.90 Å². The van der Waals surface area contributed by atoms with Crippen molar-refractivity contribution in [2.75, 3.05) is 64.4 Å². The monoisotopic (exact) mass is 625 g/mol. The summed E-state index contributed by atoms with van der Waals surface area (Å²) in [6.45, 7) is 6.61. The molecule has 1 aromatic heterocycles. The second kappa shape index (κ2) is 13.2. The summed E-state index contributed by atoms with van der Waals surface area (Å²) >= 11 is 1.18. The van der Waals surface area contributed by atoms with Crippen LogP contribution in [0.5, 0.6) is 11.5 Å². The number of rotatable bonds is 9. The van der Waals surface area contributed by atoms with E-state index in [0.717, 1.165) is 6.54 Å². The predicted molar refractivity (Wildman–Crippen MR) is 165 cm³/mol. The number of hydrogen-bond donors (Lipinski definition) is 2. The van der Waals surface area contributed by atoms with E-state index in [1.54, 1.807) is 43.7 Å². The lowest BCUT2D eigenvalue weighted by Gasteiger charge is -2.33. The average Bonchev–Trinajstić information content (AvgIpc) is 3.24. The summed E-state index contributed by atoms with van der Waals surface area (Å²) in [5.41, 5.74) is 1.28. The van der Waals surface area contributed by atoms with Crippen molar-refractivity contribution < 1.29 is 31.6 Å². The normalized spacial score (nSPS) is 17.9. The molecule has 2 N–H and O–H groups in total. The lowest BCUT2D eigenvalue weighted by Crippen LogP contribution is -2.46. The van der Waals surface area contributed by atoms with E-state index < -0.39 is 32.0 Å². The number of likely N-dealkylation sites (tertiary alicyclic amines) is 1. The second-order valence-electron chi connectivity index (χ2n) is 10.6. The first-order valence-corrected chi connectivity index (χ1v) is 17.1. The largest absolute Gasteiger partial charge is 0.491 e. The molecule has 0 radical (unpaired) electrons. The van der Waals surface area contributed by atoms with Gasteiger partial charge < -0.3 is 29.6 Å². The molecule has 0 amide bonds. The maximum Gasteiger partial charge on any atom is 0.393 e. The average molecular weight is 626 g/mol. The Hall–Kier alpha value is -2.93. The molecule has 42 heavy (non-hydrogen) atoms. The standard InChI is InChI=1S/C30H36F4N3O3PS/c1-6-40-28-25(41(4,5)38)13-12-23(27(28)39-3)35-15-8-11-26-20(17-30(32,33)34)19-9-7-10-24(29(19)42-26)36-22-14-16-37(2)18-21(22)31/h7,9-10,12-13,21-22,35-36H,6,14-18H2,1-5H3/t21-,22+/m0/s1. The van der Waals surface area contributed by atoms with Crippen LogP contribution in [-0.4, -0.2) is 77.0 Å². The van der Waals surface area contributed by atoms with Crippen LogP contribution in [0.15, 0.2) is 30.3 Å². The molecular weight excluding hydrogens is 589 g/mol. The number of hydrogen-bond acceptors (Lipinski definition) is 7. The van der Waals surface area contributed by atoms with E-state index in [-0.39, 0.29) is 12.1 Å². The predicted octanol–water partition coefficient (Wildman–Crippen LogP) is 6.58. The Morgan fingerprint density at radius 2 is 1.93 bits per heavy atom. The molecular formula is C30H36F4N3O3PS. The van der Waals surface area contributed by atoms with Crippen LogP contribution in [0.2, 0.25) is 0 Å². The van der Waals surface area contributed by atoms with Crippen molar-refractivity contribution in [3.63, 3.8) is 0 Å². The first kappa shape index (κ1) is 32.0. The Labute approximate surface area is 248 Å². The fraction of sp³-hybridized carbons (Fsp3) is 0.467. The summed E-state index contributed by atoms with van der Waals surface area (Å²) in [7, 11) is 0.692. The van der Waals surface area contributed by atoms with Crippen LogP contribution in [-0.2, 0) is 11.0 Å². The second-order valence-corrected chi connectivity index (χ2v) is 14.8. The number of piperidine rings is 1. The summed E-state index contributed by atoms with van der Waals surface area (Å²) < 4.78 is 80.4. The third kappa shape index (κ3) is 7.52. The van der Waals surface area contributed by atoms with Crippen molar-refractivity contribution in [1.29, 1.82) is 0 Å². The van der Waals surface area contributed by atoms with Crippen LogP contribution in [0.4, 0.5) is 28.9 Å². The van der Waals surface area contributed by atoms with E-state index in [1.165, 1.54) is 18.4 Å². The fourth-order valence-corrected chi connectivity index (χ4v) is 7.31. The number of thiophene rings is 1. The molecule has 4 rings (SSSR count). The van der Waals surface area contributed by atoms with Crippen LogP contribution >= 0.6 is 18.5 Å². The van der Waals surface area contributed by atoms with Gasteiger partial charge in [-0.2, -0.15) is 13.2 Å². The zero-order chi connectivity index (χ0) is 30.7. The van der Waals surface area contributed by atoms with Gasteiger partial charge in [-0.15, -0.1) is 11.3 Å². The van der Waals surface area contributed by atoms with Gasteiger partial charge in [-0.3, -0.25) is 0 Å².